The van der Waals surface area contributed by atoms with Crippen molar-refractivity contribution >= 4 is 17.7 Å². The first-order valence-electron chi connectivity index (χ1n) is 7.14. The van der Waals surface area contributed by atoms with E-state index in [4.69, 9.17) is 0 Å². The van der Waals surface area contributed by atoms with E-state index in [0.29, 0.717) is 0 Å². The van der Waals surface area contributed by atoms with E-state index >= 15 is 0 Å². The number of nitrogens with one attached hydrogen (secondary N) is 1. The van der Waals surface area contributed by atoms with Gasteiger partial charge in [-0.25, -0.2) is 4.98 Å². The molecule has 1 aromatic carbocycles. The third-order valence-corrected chi connectivity index (χ3v) is 4.92. The molecule has 2 atom stereocenters. The van der Waals surface area contributed by atoms with Crippen molar-refractivity contribution in [1.82, 2.24) is 14.9 Å². The summed E-state index contributed by atoms with van der Waals surface area (Å²) < 4.78 is 1.98. The number of benzene rings is 1. The van der Waals surface area contributed by atoms with Gasteiger partial charge in [-0.3, -0.25) is 4.79 Å². The maximum atomic E-state index is 12.4. The smallest absolute Gasteiger partial charge is 0.234 e. The molecule has 0 bridgehead atoms. The minimum Gasteiger partial charge on any atom is -0.351 e. The molecule has 110 valence electrons. The van der Waals surface area contributed by atoms with Gasteiger partial charge in [0.25, 0.3) is 0 Å². The Balaban J connectivity index is 1.57. The zero-order chi connectivity index (χ0) is 14.8. The summed E-state index contributed by atoms with van der Waals surface area (Å²) in [6.45, 7) is 4.85. The van der Waals surface area contributed by atoms with Gasteiger partial charge in [-0.15, -0.1) is 11.8 Å². The molecule has 0 fully saturated rings. The molecule has 3 rings (SSSR count). The highest BCUT2D eigenvalue weighted by Gasteiger charge is 2.28. The number of hydrogen-bond acceptors (Lipinski definition) is 3. The third kappa shape index (κ3) is 3.29. The van der Waals surface area contributed by atoms with Gasteiger partial charge in [0.1, 0.15) is 0 Å². The van der Waals surface area contributed by atoms with Crippen LogP contribution in [0.1, 0.15) is 18.1 Å². The van der Waals surface area contributed by atoms with Gasteiger partial charge in [0.2, 0.25) is 5.91 Å². The summed E-state index contributed by atoms with van der Waals surface area (Å²) in [5.74, 6) is 0.126. The lowest BCUT2D eigenvalue weighted by molar-refractivity contribution is -0.121. The van der Waals surface area contributed by atoms with E-state index in [2.05, 4.69) is 35.4 Å². The number of nitrogens with zero attached hydrogens (tertiary/aromatic N) is 2. The quantitative estimate of drug-likeness (QED) is 0.943. The molecule has 2 aromatic rings. The van der Waals surface area contributed by atoms with Crippen LogP contribution in [0.25, 0.3) is 0 Å². The zero-order valence-corrected chi connectivity index (χ0v) is 13.1. The number of imidazole rings is 1. The van der Waals surface area contributed by atoms with Crippen molar-refractivity contribution in [3.8, 4) is 0 Å². The summed E-state index contributed by atoms with van der Waals surface area (Å²) in [5.41, 5.74) is 2.53. The van der Waals surface area contributed by atoms with Crippen molar-refractivity contribution in [2.45, 2.75) is 43.0 Å². The van der Waals surface area contributed by atoms with Crippen molar-refractivity contribution in [1.29, 1.82) is 0 Å². The van der Waals surface area contributed by atoms with Crippen LogP contribution in [0, 0.1) is 6.92 Å². The van der Waals surface area contributed by atoms with Crippen molar-refractivity contribution < 1.29 is 4.79 Å². The lowest BCUT2D eigenvalue weighted by atomic mass is 10.1. The largest absolute Gasteiger partial charge is 0.351 e. The predicted molar refractivity (Wildman–Crippen MR) is 84.4 cm³/mol. The lowest BCUT2D eigenvalue weighted by Crippen LogP contribution is -2.40. The first-order chi connectivity index (χ1) is 10.1. The maximum Gasteiger partial charge on any atom is 0.234 e. The molecule has 5 heteroatoms. The van der Waals surface area contributed by atoms with Crippen molar-refractivity contribution in [3.63, 3.8) is 0 Å². The van der Waals surface area contributed by atoms with Gasteiger partial charge in [-0.1, -0.05) is 17.7 Å². The summed E-state index contributed by atoms with van der Waals surface area (Å²) in [5, 5.41) is 3.09. The number of aromatic nitrogens is 2. The number of thioether (sulfide) groups is 1. The molecule has 1 amide bonds. The molecule has 1 aromatic heterocycles. The van der Waals surface area contributed by atoms with E-state index in [1.54, 1.807) is 24.3 Å². The van der Waals surface area contributed by atoms with Crippen LogP contribution < -0.4 is 5.32 Å². The van der Waals surface area contributed by atoms with E-state index < -0.39 is 0 Å². The Morgan fingerprint density at radius 3 is 3.19 bits per heavy atom. The minimum atomic E-state index is -0.00737. The minimum absolute atomic E-state index is 0.00737. The summed E-state index contributed by atoms with van der Waals surface area (Å²) in [4.78, 5) is 17.6. The molecule has 4 nitrogen and oxygen atoms in total. The van der Waals surface area contributed by atoms with Crippen LogP contribution in [0.4, 0.5) is 0 Å². The second-order valence-corrected chi connectivity index (χ2v) is 6.84. The topological polar surface area (TPSA) is 46.9 Å². The van der Waals surface area contributed by atoms with Crippen molar-refractivity contribution in [3.05, 3.63) is 48.0 Å². The van der Waals surface area contributed by atoms with Gasteiger partial charge in [-0.05, 0) is 31.9 Å². The maximum absolute atomic E-state index is 12.4. The molecule has 0 unspecified atom stereocenters. The second-order valence-electron chi connectivity index (χ2n) is 5.59. The fourth-order valence-corrected chi connectivity index (χ4v) is 3.87. The van der Waals surface area contributed by atoms with Gasteiger partial charge in [0.05, 0.1) is 11.6 Å². The molecule has 0 saturated carbocycles. The number of amides is 1. The number of aryl methyl sites for hydroxylation is 1. The van der Waals surface area contributed by atoms with Crippen LogP contribution in [-0.2, 0) is 17.8 Å². The van der Waals surface area contributed by atoms with E-state index in [0.717, 1.165) is 13.0 Å². The molecule has 1 aliphatic rings. The highest BCUT2D eigenvalue weighted by Crippen LogP contribution is 2.37. The SMILES string of the molecule is Cc1ccc2c(c1)S[C@@H](C(=O)N[C@H](C)Cn1ccnc1)C2. The molecule has 1 aliphatic heterocycles. The molecular formula is C16H19N3OS. The van der Waals surface area contributed by atoms with E-state index in [1.807, 2.05) is 17.7 Å². The average Bonchev–Trinajstić information content (AvgIpc) is 3.06. The zero-order valence-electron chi connectivity index (χ0n) is 12.2. The van der Waals surface area contributed by atoms with Gasteiger partial charge >= 0.3 is 0 Å². The highest BCUT2D eigenvalue weighted by atomic mass is 32.2. The Morgan fingerprint density at radius 1 is 1.57 bits per heavy atom. The molecule has 0 aliphatic carbocycles. The summed E-state index contributed by atoms with van der Waals surface area (Å²) in [6.07, 6.45) is 6.25. The molecular weight excluding hydrogens is 282 g/mol. The number of rotatable bonds is 4. The normalized spacial score (nSPS) is 18.3. The Labute approximate surface area is 129 Å². The van der Waals surface area contributed by atoms with Crippen LogP contribution in [0.15, 0.2) is 41.8 Å². The van der Waals surface area contributed by atoms with Gasteiger partial charge in [-0.2, -0.15) is 0 Å². The Kier molecular flexibility index (Phi) is 4.01. The van der Waals surface area contributed by atoms with Crippen LogP contribution in [-0.4, -0.2) is 26.8 Å². The van der Waals surface area contributed by atoms with Crippen molar-refractivity contribution in [2.75, 3.05) is 0 Å². The van der Waals surface area contributed by atoms with Crippen LogP contribution in [0.5, 0.6) is 0 Å². The van der Waals surface area contributed by atoms with E-state index in [-0.39, 0.29) is 17.2 Å². The number of fused-ring (bicyclic) bond motifs is 1. The van der Waals surface area contributed by atoms with E-state index in [1.165, 1.54) is 16.0 Å². The van der Waals surface area contributed by atoms with Crippen molar-refractivity contribution in [2.24, 2.45) is 0 Å². The lowest BCUT2D eigenvalue weighted by Gasteiger charge is -2.17. The third-order valence-electron chi connectivity index (χ3n) is 3.62. The fourth-order valence-electron chi connectivity index (χ4n) is 2.57. The second kappa shape index (κ2) is 5.93. The van der Waals surface area contributed by atoms with E-state index in [9.17, 15) is 4.79 Å². The van der Waals surface area contributed by atoms with Crippen LogP contribution >= 0.6 is 11.8 Å². The van der Waals surface area contributed by atoms with Gasteiger partial charge in [0.15, 0.2) is 0 Å². The Hall–Kier alpha value is -1.75. The Morgan fingerprint density at radius 2 is 2.43 bits per heavy atom. The molecule has 0 saturated heterocycles. The molecule has 0 radical (unpaired) electrons. The Bertz CT molecular complexity index is 639. The van der Waals surface area contributed by atoms with Crippen LogP contribution in [0.2, 0.25) is 0 Å². The number of carbonyl (C=O) groups excluding carboxylic acids is 1. The highest BCUT2D eigenvalue weighted by molar-refractivity contribution is 8.01. The number of hydrogen-bond donors (Lipinski definition) is 1. The van der Waals surface area contributed by atoms with Crippen LogP contribution in [0.3, 0.4) is 0 Å². The van der Waals surface area contributed by atoms with Gasteiger partial charge in [0, 0.05) is 29.9 Å². The first kappa shape index (κ1) is 14.2. The fraction of sp³-hybridized carbons (Fsp3) is 0.375. The summed E-state index contributed by atoms with van der Waals surface area (Å²) in [6, 6.07) is 6.52. The standard InChI is InChI=1S/C16H19N3OS/c1-11-3-4-13-8-15(21-14(13)7-11)16(20)18-12(2)9-19-6-5-17-10-19/h3-7,10,12,15H,8-9H2,1-2H3,(H,18,20)/t12-,15-/m1/s1. The van der Waals surface area contributed by atoms with Gasteiger partial charge < -0.3 is 9.88 Å². The summed E-state index contributed by atoms with van der Waals surface area (Å²) >= 11 is 1.68. The predicted octanol–water partition coefficient (Wildman–Crippen LogP) is 2.41. The summed E-state index contributed by atoms with van der Waals surface area (Å²) in [7, 11) is 0. The number of carbonyl (C=O) groups is 1. The molecule has 21 heavy (non-hydrogen) atoms. The first-order valence-corrected chi connectivity index (χ1v) is 8.02. The molecule has 0 spiro atoms. The monoisotopic (exact) mass is 301 g/mol. The molecule has 1 N–H and O–H groups in total. The molecule has 2 heterocycles. The average molecular weight is 301 g/mol.